The Kier molecular flexibility index (Phi) is 3.42. The lowest BCUT2D eigenvalue weighted by Crippen LogP contribution is -2.19. The molecule has 104 valence electrons. The Morgan fingerprint density at radius 3 is 2.90 bits per heavy atom. The molecule has 1 saturated carbocycles. The molecule has 0 atom stereocenters. The molecule has 0 radical (unpaired) electrons. The van der Waals surface area contributed by atoms with Crippen molar-refractivity contribution in [3.05, 3.63) is 34.2 Å². The van der Waals surface area contributed by atoms with Gasteiger partial charge in [-0.25, -0.2) is 4.98 Å². The molecule has 2 aromatic rings. The van der Waals surface area contributed by atoms with Crippen molar-refractivity contribution in [2.75, 3.05) is 7.11 Å². The molecule has 7 heteroatoms. The topological polar surface area (TPSA) is 92.8 Å². The zero-order chi connectivity index (χ0) is 13.9. The minimum atomic E-state index is -0.194. The number of methoxy groups -OCH3 is 1. The number of nitrogens with one attached hydrogen (secondary N) is 2. The average molecular weight is 273 g/mol. The molecule has 0 amide bonds. The second kappa shape index (κ2) is 5.38. The number of hydrogen-bond acceptors (Lipinski definition) is 6. The van der Waals surface area contributed by atoms with E-state index in [0.29, 0.717) is 35.7 Å². The molecule has 0 saturated heterocycles. The number of aromatic nitrogens is 4. The number of ether oxygens (including phenoxy) is 1. The van der Waals surface area contributed by atoms with Crippen LogP contribution in [0.25, 0.3) is 11.5 Å². The minimum absolute atomic E-state index is 0.194. The van der Waals surface area contributed by atoms with Gasteiger partial charge in [0.25, 0.3) is 5.56 Å². The molecule has 2 aromatic heterocycles. The van der Waals surface area contributed by atoms with Gasteiger partial charge in [-0.15, -0.1) is 10.2 Å². The quantitative estimate of drug-likeness (QED) is 0.823. The lowest BCUT2D eigenvalue weighted by atomic mass is 10.3. The Balaban J connectivity index is 1.84. The van der Waals surface area contributed by atoms with Gasteiger partial charge in [0.05, 0.1) is 12.8 Å². The third kappa shape index (κ3) is 3.00. The highest BCUT2D eigenvalue weighted by atomic mass is 16.5. The van der Waals surface area contributed by atoms with Crippen LogP contribution in [0.3, 0.4) is 0 Å². The maximum absolute atomic E-state index is 11.7. The van der Waals surface area contributed by atoms with E-state index in [2.05, 4.69) is 25.5 Å². The van der Waals surface area contributed by atoms with Crippen molar-refractivity contribution in [3.63, 3.8) is 0 Å². The maximum Gasteiger partial charge on any atom is 0.251 e. The SMILES string of the molecule is COc1ccc(-c2nc(CNC3CC3)cc(=O)[nH]2)nn1. The summed E-state index contributed by atoms with van der Waals surface area (Å²) < 4.78 is 4.95. The fourth-order valence-corrected chi connectivity index (χ4v) is 1.81. The molecule has 1 fully saturated rings. The van der Waals surface area contributed by atoms with Crippen LogP contribution in [0.1, 0.15) is 18.5 Å². The summed E-state index contributed by atoms with van der Waals surface area (Å²) in [5.41, 5.74) is 1.02. The molecule has 20 heavy (non-hydrogen) atoms. The van der Waals surface area contributed by atoms with Crippen LogP contribution in [0.2, 0.25) is 0 Å². The van der Waals surface area contributed by atoms with Crippen molar-refractivity contribution in [2.24, 2.45) is 0 Å². The Morgan fingerprint density at radius 1 is 1.40 bits per heavy atom. The summed E-state index contributed by atoms with van der Waals surface area (Å²) in [5.74, 6) is 0.836. The largest absolute Gasteiger partial charge is 0.480 e. The number of nitrogens with zero attached hydrogens (tertiary/aromatic N) is 3. The van der Waals surface area contributed by atoms with Crippen molar-refractivity contribution < 1.29 is 4.74 Å². The summed E-state index contributed by atoms with van der Waals surface area (Å²) in [4.78, 5) is 18.7. The van der Waals surface area contributed by atoms with Gasteiger partial charge in [0, 0.05) is 24.7 Å². The highest BCUT2D eigenvalue weighted by Crippen LogP contribution is 2.19. The molecule has 3 rings (SSSR count). The van der Waals surface area contributed by atoms with Crippen molar-refractivity contribution in [3.8, 4) is 17.4 Å². The summed E-state index contributed by atoms with van der Waals surface area (Å²) in [6.45, 7) is 0.588. The van der Waals surface area contributed by atoms with Crippen LogP contribution in [-0.4, -0.2) is 33.3 Å². The Hall–Kier alpha value is -2.28. The molecule has 0 unspecified atom stereocenters. The highest BCUT2D eigenvalue weighted by molar-refractivity contribution is 5.48. The van der Waals surface area contributed by atoms with E-state index in [1.807, 2.05) is 0 Å². The van der Waals surface area contributed by atoms with Gasteiger partial charge in [-0.1, -0.05) is 0 Å². The summed E-state index contributed by atoms with van der Waals surface area (Å²) in [5, 5.41) is 11.2. The van der Waals surface area contributed by atoms with Crippen LogP contribution in [0.4, 0.5) is 0 Å². The van der Waals surface area contributed by atoms with Crippen molar-refractivity contribution in [1.29, 1.82) is 0 Å². The van der Waals surface area contributed by atoms with Crippen LogP contribution >= 0.6 is 0 Å². The fraction of sp³-hybridized carbons (Fsp3) is 0.385. The summed E-state index contributed by atoms with van der Waals surface area (Å²) in [6, 6.07) is 5.45. The summed E-state index contributed by atoms with van der Waals surface area (Å²) in [7, 11) is 1.52. The fourth-order valence-electron chi connectivity index (χ4n) is 1.81. The van der Waals surface area contributed by atoms with Crippen LogP contribution < -0.4 is 15.6 Å². The smallest absolute Gasteiger partial charge is 0.251 e. The van der Waals surface area contributed by atoms with E-state index in [1.54, 1.807) is 12.1 Å². The van der Waals surface area contributed by atoms with E-state index < -0.39 is 0 Å². The Morgan fingerprint density at radius 2 is 2.25 bits per heavy atom. The normalized spacial score (nSPS) is 14.2. The predicted molar refractivity (Wildman–Crippen MR) is 72.3 cm³/mol. The molecule has 1 aliphatic carbocycles. The second-order valence-corrected chi connectivity index (χ2v) is 4.70. The van der Waals surface area contributed by atoms with Gasteiger partial charge >= 0.3 is 0 Å². The number of H-pyrrole nitrogens is 1. The lowest BCUT2D eigenvalue weighted by molar-refractivity contribution is 0.392. The van der Waals surface area contributed by atoms with E-state index in [0.717, 1.165) is 0 Å². The molecule has 2 heterocycles. The standard InChI is InChI=1S/C13H15N5O2/c1-20-12-5-4-10(17-18-12)13-15-9(6-11(19)16-13)7-14-8-2-3-8/h4-6,8,14H,2-3,7H2,1H3,(H,15,16,19). The van der Waals surface area contributed by atoms with Crippen LogP contribution in [0.15, 0.2) is 23.0 Å². The number of rotatable bonds is 5. The van der Waals surface area contributed by atoms with Crippen LogP contribution in [-0.2, 0) is 6.54 Å². The van der Waals surface area contributed by atoms with Gasteiger partial charge in [-0.05, 0) is 18.9 Å². The first kappa shape index (κ1) is 12.7. The van der Waals surface area contributed by atoms with E-state index >= 15 is 0 Å². The van der Waals surface area contributed by atoms with Gasteiger partial charge in [0.1, 0.15) is 5.69 Å². The predicted octanol–water partition coefficient (Wildman–Crippen LogP) is 0.487. The second-order valence-electron chi connectivity index (χ2n) is 4.70. The summed E-state index contributed by atoms with van der Waals surface area (Å²) >= 11 is 0. The molecule has 1 aliphatic rings. The van der Waals surface area contributed by atoms with Crippen molar-refractivity contribution in [1.82, 2.24) is 25.5 Å². The molecule has 0 spiro atoms. The number of hydrogen-bond donors (Lipinski definition) is 2. The molecule has 2 N–H and O–H groups in total. The molecular formula is C13H15N5O2. The van der Waals surface area contributed by atoms with E-state index in [1.165, 1.54) is 26.0 Å². The third-order valence-electron chi connectivity index (χ3n) is 3.04. The van der Waals surface area contributed by atoms with Crippen LogP contribution in [0.5, 0.6) is 5.88 Å². The van der Waals surface area contributed by atoms with Gasteiger partial charge < -0.3 is 15.0 Å². The first-order chi connectivity index (χ1) is 9.74. The Labute approximate surface area is 115 Å². The first-order valence-electron chi connectivity index (χ1n) is 6.46. The zero-order valence-electron chi connectivity index (χ0n) is 11.1. The lowest BCUT2D eigenvalue weighted by Gasteiger charge is -2.05. The van der Waals surface area contributed by atoms with E-state index in [4.69, 9.17) is 4.74 Å². The zero-order valence-corrected chi connectivity index (χ0v) is 11.1. The van der Waals surface area contributed by atoms with Gasteiger partial charge in [0.2, 0.25) is 5.88 Å². The van der Waals surface area contributed by atoms with Gasteiger partial charge in [-0.2, -0.15) is 0 Å². The molecule has 0 aromatic carbocycles. The average Bonchev–Trinajstić information content (AvgIpc) is 3.29. The molecular weight excluding hydrogens is 258 g/mol. The Bertz CT molecular complexity index is 649. The highest BCUT2D eigenvalue weighted by Gasteiger charge is 2.20. The van der Waals surface area contributed by atoms with Crippen LogP contribution in [0, 0.1) is 0 Å². The minimum Gasteiger partial charge on any atom is -0.480 e. The first-order valence-corrected chi connectivity index (χ1v) is 6.46. The number of aromatic amines is 1. The molecule has 0 bridgehead atoms. The van der Waals surface area contributed by atoms with E-state index in [-0.39, 0.29) is 5.56 Å². The van der Waals surface area contributed by atoms with Gasteiger partial charge in [-0.3, -0.25) is 4.79 Å². The van der Waals surface area contributed by atoms with Crippen molar-refractivity contribution >= 4 is 0 Å². The monoisotopic (exact) mass is 273 g/mol. The van der Waals surface area contributed by atoms with Crippen molar-refractivity contribution in [2.45, 2.75) is 25.4 Å². The molecule has 7 nitrogen and oxygen atoms in total. The summed E-state index contributed by atoms with van der Waals surface area (Å²) in [6.07, 6.45) is 2.39. The van der Waals surface area contributed by atoms with E-state index in [9.17, 15) is 4.79 Å². The maximum atomic E-state index is 11.7. The van der Waals surface area contributed by atoms with Gasteiger partial charge in [0.15, 0.2) is 5.82 Å². The molecule has 0 aliphatic heterocycles. The third-order valence-corrected chi connectivity index (χ3v) is 3.04.